The van der Waals surface area contributed by atoms with Crippen LogP contribution in [0, 0.1) is 0 Å². The third-order valence-corrected chi connectivity index (χ3v) is 7.58. The smallest absolute Gasteiger partial charge is 0.123 e. The largest absolute Gasteiger partial charge is 0.330 e. The van der Waals surface area contributed by atoms with Crippen molar-refractivity contribution in [2.45, 2.75) is 19.6 Å². The number of hydrogen-bond acceptors (Lipinski definition) is 5. The molecule has 6 aromatic rings. The fraction of sp³-hybridized carbons (Fsp3) is 0.300. The van der Waals surface area contributed by atoms with Gasteiger partial charge < -0.3 is 13.7 Å². The zero-order valence-corrected chi connectivity index (χ0v) is 22.5. The molecule has 3 aromatic carbocycles. The van der Waals surface area contributed by atoms with Crippen LogP contribution in [0.4, 0.5) is 0 Å². The first-order valence-corrected chi connectivity index (χ1v) is 13.1. The quantitative estimate of drug-likeness (QED) is 0.289. The Bertz CT molecular complexity index is 1640. The van der Waals surface area contributed by atoms with E-state index in [1.807, 2.05) is 18.2 Å². The third-order valence-electron chi connectivity index (χ3n) is 7.58. The second-order valence-corrected chi connectivity index (χ2v) is 10.2. The van der Waals surface area contributed by atoms with Crippen LogP contribution in [0.1, 0.15) is 17.5 Å². The summed E-state index contributed by atoms with van der Waals surface area (Å²) in [7, 11) is 8.48. The molecular weight excluding hydrogens is 472 g/mol. The van der Waals surface area contributed by atoms with E-state index in [1.165, 1.54) is 5.52 Å². The van der Waals surface area contributed by atoms with Gasteiger partial charge in [0.2, 0.25) is 0 Å². The van der Waals surface area contributed by atoms with E-state index in [1.54, 1.807) is 0 Å². The fourth-order valence-electron chi connectivity index (χ4n) is 5.26. The van der Waals surface area contributed by atoms with Gasteiger partial charge in [0.05, 0.1) is 52.7 Å². The van der Waals surface area contributed by atoms with Gasteiger partial charge in [-0.3, -0.25) is 9.80 Å². The van der Waals surface area contributed by atoms with E-state index < -0.39 is 0 Å². The molecule has 0 aliphatic rings. The van der Waals surface area contributed by atoms with E-state index in [0.29, 0.717) is 0 Å². The molecule has 6 rings (SSSR count). The van der Waals surface area contributed by atoms with E-state index in [2.05, 4.69) is 106 Å². The molecule has 0 saturated carbocycles. The SMILES string of the molecule is CN(CCN(Cc1nc2ccccc2n1C)Cc1nc2ccccc2n1C)Cc1nc2ccccc2n1C. The van der Waals surface area contributed by atoms with E-state index >= 15 is 0 Å². The summed E-state index contributed by atoms with van der Waals surface area (Å²) in [4.78, 5) is 19.6. The Hall–Kier alpha value is -4.01. The number of para-hydroxylation sites is 6. The van der Waals surface area contributed by atoms with Crippen molar-refractivity contribution >= 4 is 33.1 Å². The highest BCUT2D eigenvalue weighted by Gasteiger charge is 2.18. The number of likely N-dealkylation sites (N-methyl/N-ethyl adjacent to an activating group) is 1. The Labute approximate surface area is 222 Å². The second-order valence-electron chi connectivity index (χ2n) is 10.2. The molecule has 0 aliphatic carbocycles. The van der Waals surface area contributed by atoms with Gasteiger partial charge in [-0.1, -0.05) is 36.4 Å². The van der Waals surface area contributed by atoms with Crippen LogP contribution in [0.25, 0.3) is 33.1 Å². The number of fused-ring (bicyclic) bond motifs is 3. The molecule has 0 bridgehead atoms. The molecule has 0 fully saturated rings. The molecule has 194 valence electrons. The van der Waals surface area contributed by atoms with E-state index in [4.69, 9.17) is 15.0 Å². The molecule has 3 heterocycles. The average molecular weight is 507 g/mol. The van der Waals surface area contributed by atoms with Gasteiger partial charge in [-0.25, -0.2) is 15.0 Å². The first-order chi connectivity index (χ1) is 18.5. The molecule has 0 N–H and O–H groups in total. The number of rotatable bonds is 9. The van der Waals surface area contributed by atoms with E-state index in [0.717, 1.165) is 77.8 Å². The number of hydrogen-bond donors (Lipinski definition) is 0. The van der Waals surface area contributed by atoms with Crippen LogP contribution < -0.4 is 0 Å². The molecule has 8 nitrogen and oxygen atoms in total. The molecule has 0 radical (unpaired) electrons. The lowest BCUT2D eigenvalue weighted by Crippen LogP contribution is -2.34. The topological polar surface area (TPSA) is 59.9 Å². The highest BCUT2D eigenvalue weighted by Crippen LogP contribution is 2.20. The third kappa shape index (κ3) is 4.57. The normalized spacial score (nSPS) is 12.2. The molecule has 3 aromatic heterocycles. The predicted octanol–water partition coefficient (Wildman–Crippen LogP) is 4.48. The highest BCUT2D eigenvalue weighted by molar-refractivity contribution is 5.77. The maximum atomic E-state index is 4.96. The van der Waals surface area contributed by atoms with Gasteiger partial charge in [0.25, 0.3) is 0 Å². The molecule has 8 heteroatoms. The lowest BCUT2D eigenvalue weighted by molar-refractivity contribution is 0.196. The maximum Gasteiger partial charge on any atom is 0.123 e. The molecule has 0 spiro atoms. The second kappa shape index (κ2) is 10.0. The highest BCUT2D eigenvalue weighted by atomic mass is 15.2. The van der Waals surface area contributed by atoms with Gasteiger partial charge in [-0.15, -0.1) is 0 Å². The van der Waals surface area contributed by atoms with Crippen LogP contribution in [-0.4, -0.2) is 58.6 Å². The van der Waals surface area contributed by atoms with Gasteiger partial charge in [0.15, 0.2) is 0 Å². The molecule has 0 atom stereocenters. The van der Waals surface area contributed by atoms with Crippen molar-refractivity contribution in [2.75, 3.05) is 20.1 Å². The van der Waals surface area contributed by atoms with E-state index in [9.17, 15) is 0 Å². The Kier molecular flexibility index (Phi) is 6.43. The number of imidazole rings is 3. The van der Waals surface area contributed by atoms with Crippen molar-refractivity contribution in [1.29, 1.82) is 0 Å². The standard InChI is InChI=1S/C30H34N8/c1-34(19-28-31-22-11-5-8-14-25(22)35(28)2)17-18-38(20-29-32-23-12-6-9-15-26(23)36(29)3)21-30-33-24-13-7-10-16-27(24)37(30)4/h5-16H,17-21H2,1-4H3. The van der Waals surface area contributed by atoms with Gasteiger partial charge in [-0.2, -0.15) is 0 Å². The van der Waals surface area contributed by atoms with Crippen molar-refractivity contribution in [1.82, 2.24) is 38.5 Å². The van der Waals surface area contributed by atoms with Gasteiger partial charge in [0.1, 0.15) is 17.5 Å². The molecular formula is C30H34N8. The molecule has 38 heavy (non-hydrogen) atoms. The number of nitrogens with zero attached hydrogens (tertiary/aromatic N) is 8. The molecule has 0 saturated heterocycles. The van der Waals surface area contributed by atoms with Crippen molar-refractivity contribution in [3.8, 4) is 0 Å². The van der Waals surface area contributed by atoms with Crippen molar-refractivity contribution in [3.05, 3.63) is 90.3 Å². The maximum absolute atomic E-state index is 4.96. The first kappa shape index (κ1) is 24.3. The van der Waals surface area contributed by atoms with E-state index in [-0.39, 0.29) is 0 Å². The Morgan fingerprint density at radius 2 is 0.895 bits per heavy atom. The van der Waals surface area contributed by atoms with Crippen LogP contribution in [-0.2, 0) is 40.8 Å². The summed E-state index contributed by atoms with van der Waals surface area (Å²) >= 11 is 0. The van der Waals surface area contributed by atoms with Gasteiger partial charge in [-0.05, 0) is 43.4 Å². The van der Waals surface area contributed by atoms with Crippen molar-refractivity contribution in [3.63, 3.8) is 0 Å². The van der Waals surface area contributed by atoms with Crippen LogP contribution in [0.5, 0.6) is 0 Å². The molecule has 0 unspecified atom stereocenters. The summed E-state index contributed by atoms with van der Waals surface area (Å²) in [6.07, 6.45) is 0. The van der Waals surface area contributed by atoms with Crippen LogP contribution in [0.2, 0.25) is 0 Å². The lowest BCUT2D eigenvalue weighted by Gasteiger charge is -2.25. The van der Waals surface area contributed by atoms with Crippen molar-refractivity contribution in [2.24, 2.45) is 21.1 Å². The number of aromatic nitrogens is 6. The van der Waals surface area contributed by atoms with Crippen LogP contribution >= 0.6 is 0 Å². The summed E-state index contributed by atoms with van der Waals surface area (Å²) in [5.74, 6) is 3.19. The summed E-state index contributed by atoms with van der Waals surface area (Å²) < 4.78 is 6.61. The van der Waals surface area contributed by atoms with Crippen LogP contribution in [0.3, 0.4) is 0 Å². The van der Waals surface area contributed by atoms with Gasteiger partial charge in [0, 0.05) is 34.2 Å². The Morgan fingerprint density at radius 1 is 0.526 bits per heavy atom. The average Bonchev–Trinajstić information content (AvgIpc) is 3.54. The monoisotopic (exact) mass is 506 g/mol. The number of benzene rings is 3. The number of aryl methyl sites for hydroxylation is 3. The zero-order chi connectivity index (χ0) is 26.2. The predicted molar refractivity (Wildman–Crippen MR) is 153 cm³/mol. The minimum absolute atomic E-state index is 0.745. The van der Waals surface area contributed by atoms with Crippen molar-refractivity contribution < 1.29 is 0 Å². The van der Waals surface area contributed by atoms with Crippen LogP contribution in [0.15, 0.2) is 72.8 Å². The Balaban J connectivity index is 1.23. The lowest BCUT2D eigenvalue weighted by atomic mass is 10.3. The van der Waals surface area contributed by atoms with Gasteiger partial charge >= 0.3 is 0 Å². The summed E-state index contributed by atoms with van der Waals surface area (Å²) in [5.41, 5.74) is 6.59. The summed E-state index contributed by atoms with van der Waals surface area (Å²) in [5, 5.41) is 0. The summed E-state index contributed by atoms with van der Waals surface area (Å²) in [6, 6.07) is 25.0. The molecule has 0 aliphatic heterocycles. The fourth-order valence-corrected chi connectivity index (χ4v) is 5.26. The minimum atomic E-state index is 0.745. The summed E-state index contributed by atoms with van der Waals surface area (Å²) in [6.45, 7) is 4.06. The first-order valence-electron chi connectivity index (χ1n) is 13.1. The Morgan fingerprint density at radius 3 is 1.29 bits per heavy atom. The minimum Gasteiger partial charge on any atom is -0.330 e. The zero-order valence-electron chi connectivity index (χ0n) is 22.5. The molecule has 0 amide bonds.